The van der Waals surface area contributed by atoms with Crippen LogP contribution in [-0.2, 0) is 0 Å². The Morgan fingerprint density at radius 3 is 2.26 bits per heavy atom. The number of hydrogen-bond donors (Lipinski definition) is 1. The summed E-state index contributed by atoms with van der Waals surface area (Å²) in [6, 6.07) is 20.4. The lowest BCUT2D eigenvalue weighted by Crippen LogP contribution is -1.79. The van der Waals surface area contributed by atoms with Gasteiger partial charge in [0.1, 0.15) is 5.76 Å². The number of fused-ring (bicyclic) bond motifs is 3. The molecule has 23 heavy (non-hydrogen) atoms. The average molecular weight is 299 g/mol. The van der Waals surface area contributed by atoms with E-state index in [1.165, 1.54) is 10.8 Å². The van der Waals surface area contributed by atoms with Gasteiger partial charge in [-0.05, 0) is 41.1 Å². The molecule has 1 N–H and O–H groups in total. The van der Waals surface area contributed by atoms with E-state index in [0.717, 1.165) is 33.7 Å². The third kappa shape index (κ3) is 1.77. The molecule has 0 atom stereocenters. The van der Waals surface area contributed by atoms with Crippen molar-refractivity contribution in [3.8, 4) is 22.8 Å². The van der Waals surface area contributed by atoms with Crippen molar-refractivity contribution < 1.29 is 8.83 Å². The molecule has 5 rings (SSSR count). The van der Waals surface area contributed by atoms with Crippen molar-refractivity contribution in [1.82, 2.24) is 4.98 Å². The van der Waals surface area contributed by atoms with Crippen LogP contribution in [0.3, 0.4) is 0 Å². The molecule has 3 heterocycles. The fourth-order valence-corrected chi connectivity index (χ4v) is 3.24. The summed E-state index contributed by atoms with van der Waals surface area (Å²) in [7, 11) is 0. The molecule has 3 nitrogen and oxygen atoms in total. The zero-order valence-electron chi connectivity index (χ0n) is 12.2. The van der Waals surface area contributed by atoms with Crippen molar-refractivity contribution in [3.63, 3.8) is 0 Å². The number of nitrogens with one attached hydrogen (secondary N) is 1. The molecule has 0 unspecified atom stereocenters. The summed E-state index contributed by atoms with van der Waals surface area (Å²) < 4.78 is 11.3. The maximum absolute atomic E-state index is 5.71. The van der Waals surface area contributed by atoms with Gasteiger partial charge in [-0.25, -0.2) is 0 Å². The normalized spacial score (nSPS) is 11.5. The molecule has 0 fully saturated rings. The molecular formula is C20H13NO2. The third-order valence-corrected chi connectivity index (χ3v) is 4.22. The van der Waals surface area contributed by atoms with Gasteiger partial charge in [0.05, 0.1) is 23.8 Å². The van der Waals surface area contributed by atoms with Crippen LogP contribution in [0.5, 0.6) is 0 Å². The molecule has 3 aromatic heterocycles. The van der Waals surface area contributed by atoms with Crippen molar-refractivity contribution in [2.45, 2.75) is 0 Å². The van der Waals surface area contributed by atoms with Crippen LogP contribution in [0.1, 0.15) is 0 Å². The van der Waals surface area contributed by atoms with Crippen LogP contribution in [0.4, 0.5) is 0 Å². The van der Waals surface area contributed by atoms with Crippen molar-refractivity contribution in [2.24, 2.45) is 0 Å². The van der Waals surface area contributed by atoms with Crippen LogP contribution in [0, 0.1) is 0 Å². The standard InChI is InChI=1S/C20H13NO2/c1-2-6-14-13(5-1)9-10-15-18(14)19(16-7-3-11-22-16)20(21-15)17-8-4-12-23-17/h1-12,21H. The quantitative estimate of drug-likeness (QED) is 0.445. The Morgan fingerprint density at radius 2 is 1.48 bits per heavy atom. The molecule has 110 valence electrons. The molecule has 2 aromatic carbocycles. The highest BCUT2D eigenvalue weighted by molar-refractivity contribution is 6.16. The van der Waals surface area contributed by atoms with Gasteiger partial charge in [-0.3, -0.25) is 0 Å². The van der Waals surface area contributed by atoms with E-state index in [1.807, 2.05) is 24.3 Å². The third-order valence-electron chi connectivity index (χ3n) is 4.22. The topological polar surface area (TPSA) is 42.1 Å². The average Bonchev–Trinajstić information content (AvgIpc) is 3.32. The zero-order chi connectivity index (χ0) is 15.2. The molecule has 0 amide bonds. The van der Waals surface area contributed by atoms with Gasteiger partial charge in [-0.1, -0.05) is 30.3 Å². The van der Waals surface area contributed by atoms with Gasteiger partial charge in [0.15, 0.2) is 5.76 Å². The van der Waals surface area contributed by atoms with Crippen LogP contribution in [0.25, 0.3) is 44.5 Å². The van der Waals surface area contributed by atoms with Crippen LogP contribution < -0.4 is 0 Å². The number of aromatic amines is 1. The van der Waals surface area contributed by atoms with Gasteiger partial charge in [0, 0.05) is 10.9 Å². The molecule has 0 bridgehead atoms. The number of benzene rings is 2. The van der Waals surface area contributed by atoms with E-state index in [2.05, 4.69) is 41.4 Å². The molecule has 0 aliphatic carbocycles. The monoisotopic (exact) mass is 299 g/mol. The molecule has 0 aliphatic heterocycles. The molecular weight excluding hydrogens is 286 g/mol. The highest BCUT2D eigenvalue weighted by Crippen LogP contribution is 2.41. The van der Waals surface area contributed by atoms with Crippen molar-refractivity contribution in [2.75, 3.05) is 0 Å². The Balaban J connectivity index is 1.99. The van der Waals surface area contributed by atoms with E-state index < -0.39 is 0 Å². The number of hydrogen-bond acceptors (Lipinski definition) is 2. The maximum atomic E-state index is 5.71. The smallest absolute Gasteiger partial charge is 0.150 e. The van der Waals surface area contributed by atoms with Crippen molar-refractivity contribution in [3.05, 3.63) is 73.2 Å². The van der Waals surface area contributed by atoms with E-state index >= 15 is 0 Å². The Labute approximate surface area is 132 Å². The van der Waals surface area contributed by atoms with E-state index in [0.29, 0.717) is 0 Å². The van der Waals surface area contributed by atoms with Gasteiger partial charge in [0.25, 0.3) is 0 Å². The fraction of sp³-hybridized carbons (Fsp3) is 0. The first-order valence-corrected chi connectivity index (χ1v) is 7.53. The van der Waals surface area contributed by atoms with Crippen LogP contribution in [-0.4, -0.2) is 4.98 Å². The van der Waals surface area contributed by atoms with Crippen LogP contribution in [0.2, 0.25) is 0 Å². The maximum Gasteiger partial charge on any atom is 0.150 e. The molecule has 0 spiro atoms. The summed E-state index contributed by atoms with van der Waals surface area (Å²) in [5, 5.41) is 3.56. The minimum atomic E-state index is 0.802. The predicted octanol–water partition coefficient (Wildman–Crippen LogP) is 5.84. The summed E-state index contributed by atoms with van der Waals surface area (Å²) >= 11 is 0. The lowest BCUT2D eigenvalue weighted by atomic mass is 10.0. The van der Waals surface area contributed by atoms with E-state index in [-0.39, 0.29) is 0 Å². The summed E-state index contributed by atoms with van der Waals surface area (Å²) in [6.07, 6.45) is 3.38. The fourth-order valence-electron chi connectivity index (χ4n) is 3.24. The van der Waals surface area contributed by atoms with Crippen LogP contribution >= 0.6 is 0 Å². The number of furan rings is 2. The minimum Gasteiger partial charge on any atom is -0.464 e. The van der Waals surface area contributed by atoms with Gasteiger partial charge in [-0.2, -0.15) is 0 Å². The molecule has 0 saturated carbocycles. The lowest BCUT2D eigenvalue weighted by Gasteiger charge is -2.03. The van der Waals surface area contributed by atoms with Gasteiger partial charge in [-0.15, -0.1) is 0 Å². The van der Waals surface area contributed by atoms with E-state index in [9.17, 15) is 0 Å². The SMILES string of the molecule is c1coc(-c2[nH]c3ccc4ccccc4c3c2-c2ccco2)c1. The Hall–Kier alpha value is -3.20. The van der Waals surface area contributed by atoms with Crippen molar-refractivity contribution >= 4 is 21.7 Å². The van der Waals surface area contributed by atoms with Crippen LogP contribution in [0.15, 0.2) is 82.0 Å². The molecule has 0 radical (unpaired) electrons. The zero-order valence-corrected chi connectivity index (χ0v) is 12.2. The second-order valence-corrected chi connectivity index (χ2v) is 5.54. The highest BCUT2D eigenvalue weighted by atomic mass is 16.3. The van der Waals surface area contributed by atoms with Gasteiger partial charge >= 0.3 is 0 Å². The first-order chi connectivity index (χ1) is 11.4. The number of aromatic nitrogens is 1. The van der Waals surface area contributed by atoms with E-state index in [1.54, 1.807) is 12.5 Å². The van der Waals surface area contributed by atoms with Gasteiger partial charge in [0.2, 0.25) is 0 Å². The molecule has 5 aromatic rings. The Bertz CT molecular complexity index is 1100. The Kier molecular flexibility index (Phi) is 2.50. The number of rotatable bonds is 2. The van der Waals surface area contributed by atoms with Gasteiger partial charge < -0.3 is 13.8 Å². The predicted molar refractivity (Wildman–Crippen MR) is 91.2 cm³/mol. The summed E-state index contributed by atoms with van der Waals surface area (Å²) in [5.74, 6) is 1.63. The van der Waals surface area contributed by atoms with Crippen molar-refractivity contribution in [1.29, 1.82) is 0 Å². The molecule has 3 heteroatoms. The second kappa shape index (κ2) is 4.65. The summed E-state index contributed by atoms with van der Waals surface area (Å²) in [4.78, 5) is 3.49. The largest absolute Gasteiger partial charge is 0.464 e. The first kappa shape index (κ1) is 12.4. The first-order valence-electron chi connectivity index (χ1n) is 7.53. The lowest BCUT2D eigenvalue weighted by molar-refractivity contribution is 0.575. The molecule has 0 saturated heterocycles. The summed E-state index contributed by atoms with van der Waals surface area (Å²) in [6.45, 7) is 0. The van der Waals surface area contributed by atoms with E-state index in [4.69, 9.17) is 8.83 Å². The Morgan fingerprint density at radius 1 is 0.696 bits per heavy atom. The molecule has 0 aliphatic rings. The second-order valence-electron chi connectivity index (χ2n) is 5.54. The highest BCUT2D eigenvalue weighted by Gasteiger charge is 2.20. The summed E-state index contributed by atoms with van der Waals surface area (Å²) in [5.41, 5.74) is 3.05. The minimum absolute atomic E-state index is 0.802. The number of H-pyrrole nitrogens is 1.